The standard InChI is InChI=1S/C13H13BrClN3O/c1-2-7-16-13-17-8-11(15)12(18-13)19-10-5-3-9(14)4-6-10/h3-6,8H,2,7H2,1H3,(H,16,17,18). The van der Waals surface area contributed by atoms with Crippen LogP contribution in [0.4, 0.5) is 5.95 Å². The Kier molecular flexibility index (Phi) is 4.99. The average Bonchev–Trinajstić information content (AvgIpc) is 2.42. The van der Waals surface area contributed by atoms with Crippen LogP contribution in [0.25, 0.3) is 0 Å². The highest BCUT2D eigenvalue weighted by Crippen LogP contribution is 2.28. The molecule has 0 aliphatic heterocycles. The SMILES string of the molecule is CCCNc1ncc(Cl)c(Oc2ccc(Br)cc2)n1. The van der Waals surface area contributed by atoms with E-state index < -0.39 is 0 Å². The van der Waals surface area contributed by atoms with Crippen LogP contribution in [-0.2, 0) is 0 Å². The molecule has 19 heavy (non-hydrogen) atoms. The molecule has 6 heteroatoms. The Morgan fingerprint density at radius 3 is 2.74 bits per heavy atom. The van der Waals surface area contributed by atoms with Gasteiger partial charge in [0.25, 0.3) is 0 Å². The lowest BCUT2D eigenvalue weighted by Crippen LogP contribution is -2.04. The number of nitrogens with zero attached hydrogens (tertiary/aromatic N) is 2. The summed E-state index contributed by atoms with van der Waals surface area (Å²) in [5.74, 6) is 1.53. The van der Waals surface area contributed by atoms with E-state index in [0.29, 0.717) is 22.6 Å². The first-order valence-electron chi connectivity index (χ1n) is 5.89. The second kappa shape index (κ2) is 6.73. The molecule has 0 bridgehead atoms. The Bertz CT molecular complexity index is 548. The summed E-state index contributed by atoms with van der Waals surface area (Å²) in [6.07, 6.45) is 2.52. The van der Waals surface area contributed by atoms with E-state index in [1.54, 1.807) is 0 Å². The normalized spacial score (nSPS) is 10.3. The molecule has 0 spiro atoms. The molecule has 0 aliphatic rings. The van der Waals surface area contributed by atoms with E-state index in [9.17, 15) is 0 Å². The largest absolute Gasteiger partial charge is 0.437 e. The van der Waals surface area contributed by atoms with Crippen LogP contribution >= 0.6 is 27.5 Å². The van der Waals surface area contributed by atoms with Crippen LogP contribution in [0.3, 0.4) is 0 Å². The van der Waals surface area contributed by atoms with Gasteiger partial charge in [0.05, 0.1) is 6.20 Å². The molecule has 2 aromatic rings. The summed E-state index contributed by atoms with van der Waals surface area (Å²) in [6, 6.07) is 7.45. The maximum atomic E-state index is 6.02. The summed E-state index contributed by atoms with van der Waals surface area (Å²) in [7, 11) is 0. The number of rotatable bonds is 5. The van der Waals surface area contributed by atoms with Gasteiger partial charge < -0.3 is 10.1 Å². The number of anilines is 1. The van der Waals surface area contributed by atoms with Crippen molar-refractivity contribution in [1.29, 1.82) is 0 Å². The molecule has 0 atom stereocenters. The molecule has 0 amide bonds. The number of nitrogens with one attached hydrogen (secondary N) is 1. The van der Waals surface area contributed by atoms with Gasteiger partial charge in [-0.15, -0.1) is 0 Å². The summed E-state index contributed by atoms with van der Waals surface area (Å²) in [5, 5.41) is 3.47. The predicted molar refractivity (Wildman–Crippen MR) is 80.0 cm³/mol. The molecule has 1 heterocycles. The molecule has 0 radical (unpaired) electrons. The van der Waals surface area contributed by atoms with Crippen molar-refractivity contribution in [3.05, 3.63) is 40.0 Å². The molecule has 1 N–H and O–H groups in total. The molecule has 100 valence electrons. The zero-order chi connectivity index (χ0) is 13.7. The van der Waals surface area contributed by atoms with Crippen molar-refractivity contribution >= 4 is 33.5 Å². The van der Waals surface area contributed by atoms with Gasteiger partial charge in [-0.25, -0.2) is 4.98 Å². The first-order chi connectivity index (χ1) is 9.19. The lowest BCUT2D eigenvalue weighted by atomic mass is 10.3. The second-order valence-corrected chi connectivity index (χ2v) is 5.15. The third-order valence-electron chi connectivity index (χ3n) is 2.27. The number of hydrogen-bond donors (Lipinski definition) is 1. The van der Waals surface area contributed by atoms with Crippen molar-refractivity contribution in [2.75, 3.05) is 11.9 Å². The van der Waals surface area contributed by atoms with Crippen molar-refractivity contribution in [1.82, 2.24) is 9.97 Å². The predicted octanol–water partition coefficient (Wildman–Crippen LogP) is 4.51. The van der Waals surface area contributed by atoms with Gasteiger partial charge in [0.15, 0.2) is 0 Å². The first-order valence-corrected chi connectivity index (χ1v) is 7.06. The molecule has 2 rings (SSSR count). The summed E-state index contributed by atoms with van der Waals surface area (Å²) < 4.78 is 6.63. The van der Waals surface area contributed by atoms with Gasteiger partial charge in [0, 0.05) is 11.0 Å². The molecule has 1 aromatic carbocycles. The molecule has 0 saturated heterocycles. The third kappa shape index (κ3) is 4.08. The van der Waals surface area contributed by atoms with E-state index in [-0.39, 0.29) is 0 Å². The highest BCUT2D eigenvalue weighted by Gasteiger charge is 2.07. The fourth-order valence-electron chi connectivity index (χ4n) is 1.36. The number of hydrogen-bond acceptors (Lipinski definition) is 4. The number of aromatic nitrogens is 2. The van der Waals surface area contributed by atoms with Gasteiger partial charge in [0.2, 0.25) is 11.8 Å². The van der Waals surface area contributed by atoms with E-state index in [0.717, 1.165) is 17.4 Å². The van der Waals surface area contributed by atoms with E-state index in [4.69, 9.17) is 16.3 Å². The minimum absolute atomic E-state index is 0.345. The Labute approximate surface area is 125 Å². The van der Waals surface area contributed by atoms with Crippen LogP contribution in [0.2, 0.25) is 5.02 Å². The monoisotopic (exact) mass is 341 g/mol. The van der Waals surface area contributed by atoms with E-state index in [2.05, 4.69) is 38.1 Å². The highest BCUT2D eigenvalue weighted by molar-refractivity contribution is 9.10. The molecule has 4 nitrogen and oxygen atoms in total. The van der Waals surface area contributed by atoms with Crippen molar-refractivity contribution in [3.8, 4) is 11.6 Å². The number of halogens is 2. The third-order valence-corrected chi connectivity index (χ3v) is 3.06. The number of benzene rings is 1. The fourth-order valence-corrected chi connectivity index (χ4v) is 1.75. The van der Waals surface area contributed by atoms with Gasteiger partial charge in [-0.3, -0.25) is 0 Å². The first kappa shape index (κ1) is 14.1. The van der Waals surface area contributed by atoms with E-state index in [1.165, 1.54) is 6.20 Å². The molecular formula is C13H13BrClN3O. The Balaban J connectivity index is 2.16. The van der Waals surface area contributed by atoms with Crippen LogP contribution in [0.1, 0.15) is 13.3 Å². The maximum absolute atomic E-state index is 6.02. The molecule has 0 aliphatic carbocycles. The topological polar surface area (TPSA) is 47.0 Å². The van der Waals surface area contributed by atoms with Gasteiger partial charge >= 0.3 is 0 Å². The smallest absolute Gasteiger partial charge is 0.243 e. The second-order valence-electron chi connectivity index (χ2n) is 3.83. The van der Waals surface area contributed by atoms with Crippen molar-refractivity contribution in [2.45, 2.75) is 13.3 Å². The Morgan fingerprint density at radius 2 is 2.05 bits per heavy atom. The van der Waals surface area contributed by atoms with E-state index >= 15 is 0 Å². The lowest BCUT2D eigenvalue weighted by Gasteiger charge is -2.08. The summed E-state index contributed by atoms with van der Waals surface area (Å²) in [4.78, 5) is 8.33. The van der Waals surface area contributed by atoms with Crippen molar-refractivity contribution in [2.24, 2.45) is 0 Å². The van der Waals surface area contributed by atoms with Gasteiger partial charge in [0.1, 0.15) is 10.8 Å². The summed E-state index contributed by atoms with van der Waals surface area (Å²) >= 11 is 9.39. The lowest BCUT2D eigenvalue weighted by molar-refractivity contribution is 0.462. The molecule has 0 fully saturated rings. The highest BCUT2D eigenvalue weighted by atomic mass is 79.9. The van der Waals surface area contributed by atoms with E-state index in [1.807, 2.05) is 24.3 Å². The Hall–Kier alpha value is -1.33. The average molecular weight is 343 g/mol. The zero-order valence-electron chi connectivity index (χ0n) is 10.4. The maximum Gasteiger partial charge on any atom is 0.243 e. The quantitative estimate of drug-likeness (QED) is 0.868. The van der Waals surface area contributed by atoms with Crippen LogP contribution in [0.5, 0.6) is 11.6 Å². The van der Waals surface area contributed by atoms with Crippen LogP contribution in [-0.4, -0.2) is 16.5 Å². The van der Waals surface area contributed by atoms with Crippen molar-refractivity contribution in [3.63, 3.8) is 0 Å². The van der Waals surface area contributed by atoms with Crippen LogP contribution in [0.15, 0.2) is 34.9 Å². The number of ether oxygens (including phenoxy) is 1. The zero-order valence-corrected chi connectivity index (χ0v) is 12.7. The van der Waals surface area contributed by atoms with Crippen LogP contribution in [0, 0.1) is 0 Å². The fraction of sp³-hybridized carbons (Fsp3) is 0.231. The van der Waals surface area contributed by atoms with Gasteiger partial charge in [-0.2, -0.15) is 4.98 Å². The van der Waals surface area contributed by atoms with Crippen molar-refractivity contribution < 1.29 is 4.74 Å². The van der Waals surface area contributed by atoms with Gasteiger partial charge in [-0.1, -0.05) is 34.5 Å². The summed E-state index contributed by atoms with van der Waals surface area (Å²) in [5.41, 5.74) is 0. The minimum Gasteiger partial charge on any atom is -0.437 e. The summed E-state index contributed by atoms with van der Waals surface area (Å²) in [6.45, 7) is 2.88. The van der Waals surface area contributed by atoms with Crippen LogP contribution < -0.4 is 10.1 Å². The minimum atomic E-state index is 0.345. The molecular weight excluding hydrogens is 330 g/mol. The Morgan fingerprint density at radius 1 is 1.32 bits per heavy atom. The van der Waals surface area contributed by atoms with Gasteiger partial charge in [-0.05, 0) is 30.7 Å². The molecule has 0 saturated carbocycles. The molecule has 0 unspecified atom stereocenters. The molecule has 1 aromatic heterocycles.